The van der Waals surface area contributed by atoms with Gasteiger partial charge >= 0.3 is 0 Å². The van der Waals surface area contributed by atoms with Crippen LogP contribution in [-0.4, -0.2) is 22.2 Å². The minimum atomic E-state index is -0.172. The van der Waals surface area contributed by atoms with Crippen molar-refractivity contribution in [1.82, 2.24) is 9.88 Å². The maximum absolute atomic E-state index is 13.4. The summed E-state index contributed by atoms with van der Waals surface area (Å²) in [4.78, 5) is 14.9. The average Bonchev–Trinajstić information content (AvgIpc) is 3.36. The molecule has 2 heterocycles. The first-order valence-corrected chi connectivity index (χ1v) is 12.2. The van der Waals surface area contributed by atoms with E-state index in [1.54, 1.807) is 0 Å². The fourth-order valence-electron chi connectivity index (χ4n) is 4.55. The number of amides is 1. The van der Waals surface area contributed by atoms with Crippen LogP contribution in [0.2, 0.25) is 0 Å². The van der Waals surface area contributed by atoms with E-state index in [0.29, 0.717) is 23.1 Å². The van der Waals surface area contributed by atoms with Crippen LogP contribution in [0, 0.1) is 0 Å². The molecular weight excluding hydrogens is 454 g/mol. The third-order valence-electron chi connectivity index (χ3n) is 6.17. The van der Waals surface area contributed by atoms with Gasteiger partial charge in [-0.2, -0.15) is 0 Å². The van der Waals surface area contributed by atoms with E-state index in [-0.39, 0.29) is 5.91 Å². The number of ether oxygens (including phenoxy) is 1. The lowest BCUT2D eigenvalue weighted by Gasteiger charge is -2.14. The highest BCUT2D eigenvalue weighted by Gasteiger charge is 2.32. The zero-order chi connectivity index (χ0) is 24.4. The van der Waals surface area contributed by atoms with E-state index in [0.717, 1.165) is 29.7 Å². The molecule has 3 aromatic carbocycles. The molecule has 0 spiro atoms. The Morgan fingerprint density at radius 2 is 1.74 bits per heavy atom. The lowest BCUT2D eigenvalue weighted by Crippen LogP contribution is -2.30. The number of para-hydroxylation sites is 1. The average molecular weight is 482 g/mol. The van der Waals surface area contributed by atoms with E-state index in [2.05, 4.69) is 65.5 Å². The van der Waals surface area contributed by atoms with Gasteiger partial charge in [-0.1, -0.05) is 55.5 Å². The molecule has 35 heavy (non-hydrogen) atoms. The summed E-state index contributed by atoms with van der Waals surface area (Å²) in [7, 11) is 0. The molecule has 176 valence electrons. The second-order valence-electron chi connectivity index (χ2n) is 8.42. The highest BCUT2D eigenvalue weighted by molar-refractivity contribution is 7.80. The van der Waals surface area contributed by atoms with E-state index < -0.39 is 0 Å². The first-order valence-electron chi connectivity index (χ1n) is 11.8. The molecule has 1 aliphatic rings. The SMILES string of the molecule is CCOc1ccc(N2C(=O)/C(=C/c3cn(Cc4ccccc4)c4c(CC)cccc34)NC2=S)cc1. The summed E-state index contributed by atoms with van der Waals surface area (Å²) >= 11 is 5.52. The van der Waals surface area contributed by atoms with E-state index in [9.17, 15) is 4.79 Å². The summed E-state index contributed by atoms with van der Waals surface area (Å²) in [5.74, 6) is 0.588. The summed E-state index contributed by atoms with van der Waals surface area (Å²) in [6, 6.07) is 24.2. The van der Waals surface area contributed by atoms with Crippen LogP contribution in [0.5, 0.6) is 5.75 Å². The minimum Gasteiger partial charge on any atom is -0.494 e. The van der Waals surface area contributed by atoms with E-state index in [1.165, 1.54) is 21.5 Å². The Hall–Kier alpha value is -3.90. The Morgan fingerprint density at radius 1 is 0.971 bits per heavy atom. The predicted octanol–water partition coefficient (Wildman–Crippen LogP) is 5.91. The number of anilines is 1. The quantitative estimate of drug-likeness (QED) is 0.263. The third kappa shape index (κ3) is 4.45. The van der Waals surface area contributed by atoms with Gasteiger partial charge in [0, 0.05) is 23.7 Å². The number of thiocarbonyl (C=S) groups is 1. The van der Waals surface area contributed by atoms with Crippen LogP contribution < -0.4 is 15.0 Å². The molecule has 1 saturated heterocycles. The molecule has 5 rings (SSSR count). The molecule has 1 aliphatic heterocycles. The number of carbonyl (C=O) groups is 1. The van der Waals surface area contributed by atoms with Crippen LogP contribution in [0.1, 0.15) is 30.5 Å². The number of aryl methyl sites for hydroxylation is 1. The second-order valence-corrected chi connectivity index (χ2v) is 8.81. The zero-order valence-corrected chi connectivity index (χ0v) is 20.6. The van der Waals surface area contributed by atoms with Gasteiger partial charge in [-0.3, -0.25) is 9.69 Å². The largest absolute Gasteiger partial charge is 0.494 e. The number of nitrogens with one attached hydrogen (secondary N) is 1. The van der Waals surface area contributed by atoms with Crippen molar-refractivity contribution in [1.29, 1.82) is 0 Å². The maximum Gasteiger partial charge on any atom is 0.281 e. The van der Waals surface area contributed by atoms with Gasteiger partial charge in [-0.05, 0) is 67.0 Å². The van der Waals surface area contributed by atoms with Gasteiger partial charge in [0.25, 0.3) is 5.91 Å². The van der Waals surface area contributed by atoms with Gasteiger partial charge in [0.1, 0.15) is 11.4 Å². The number of benzene rings is 3. The summed E-state index contributed by atoms with van der Waals surface area (Å²) in [6.07, 6.45) is 4.97. The summed E-state index contributed by atoms with van der Waals surface area (Å²) < 4.78 is 7.79. The molecule has 6 heteroatoms. The topological polar surface area (TPSA) is 46.5 Å². The van der Waals surface area contributed by atoms with Crippen molar-refractivity contribution in [3.8, 4) is 5.75 Å². The number of carbonyl (C=O) groups excluding carboxylic acids is 1. The van der Waals surface area contributed by atoms with E-state index in [1.807, 2.05) is 43.3 Å². The molecule has 1 N–H and O–H groups in total. The summed E-state index contributed by atoms with van der Waals surface area (Å²) in [5.41, 5.74) is 5.86. The fraction of sp³-hybridized carbons (Fsp3) is 0.172. The maximum atomic E-state index is 13.4. The van der Waals surface area contributed by atoms with Gasteiger partial charge in [0.2, 0.25) is 0 Å². The van der Waals surface area contributed by atoms with Gasteiger partial charge in [-0.25, -0.2) is 0 Å². The molecule has 4 aromatic rings. The summed E-state index contributed by atoms with van der Waals surface area (Å²) in [5, 5.41) is 4.61. The zero-order valence-electron chi connectivity index (χ0n) is 19.8. The molecule has 5 nitrogen and oxygen atoms in total. The van der Waals surface area contributed by atoms with Crippen molar-refractivity contribution in [3.63, 3.8) is 0 Å². The number of hydrogen-bond acceptors (Lipinski definition) is 3. The molecule has 0 atom stereocenters. The highest BCUT2D eigenvalue weighted by atomic mass is 32.1. The molecule has 0 saturated carbocycles. The van der Waals surface area contributed by atoms with Crippen molar-refractivity contribution >= 4 is 45.9 Å². The fourth-order valence-corrected chi connectivity index (χ4v) is 4.85. The number of fused-ring (bicyclic) bond motifs is 1. The Kier molecular flexibility index (Phi) is 6.38. The Labute approximate surface area is 210 Å². The Morgan fingerprint density at radius 3 is 2.46 bits per heavy atom. The molecule has 0 unspecified atom stereocenters. The van der Waals surface area contributed by atoms with Crippen molar-refractivity contribution in [2.75, 3.05) is 11.5 Å². The minimum absolute atomic E-state index is 0.172. The van der Waals surface area contributed by atoms with E-state index in [4.69, 9.17) is 17.0 Å². The van der Waals surface area contributed by atoms with Crippen molar-refractivity contribution in [3.05, 3.63) is 101 Å². The lowest BCUT2D eigenvalue weighted by atomic mass is 10.1. The van der Waals surface area contributed by atoms with Crippen LogP contribution in [0.25, 0.3) is 17.0 Å². The smallest absolute Gasteiger partial charge is 0.281 e. The summed E-state index contributed by atoms with van der Waals surface area (Å²) in [6.45, 7) is 5.46. The first-order chi connectivity index (χ1) is 17.1. The standard InChI is InChI=1S/C29H27N3O2S/c1-3-21-11-8-12-25-22(19-31(27(21)25)18-20-9-6-5-7-10-20)17-26-28(33)32(29(35)30-26)23-13-15-24(16-14-23)34-4-2/h5-17,19H,3-4,18H2,1-2H3,(H,30,35)/b26-17-. The van der Waals surface area contributed by atoms with Crippen molar-refractivity contribution in [2.24, 2.45) is 0 Å². The van der Waals surface area contributed by atoms with Crippen LogP contribution in [0.15, 0.2) is 84.7 Å². The number of nitrogens with zero attached hydrogens (tertiary/aromatic N) is 2. The highest BCUT2D eigenvalue weighted by Crippen LogP contribution is 2.30. The lowest BCUT2D eigenvalue weighted by molar-refractivity contribution is -0.113. The normalized spacial score (nSPS) is 14.7. The molecule has 1 aromatic heterocycles. The molecular formula is C29H27N3O2S. The molecule has 1 amide bonds. The van der Waals surface area contributed by atoms with Crippen molar-refractivity contribution < 1.29 is 9.53 Å². The van der Waals surface area contributed by atoms with Crippen LogP contribution in [0.3, 0.4) is 0 Å². The predicted molar refractivity (Wildman–Crippen MR) is 146 cm³/mol. The van der Waals surface area contributed by atoms with Gasteiger partial charge in [0.05, 0.1) is 17.8 Å². The van der Waals surface area contributed by atoms with Crippen molar-refractivity contribution in [2.45, 2.75) is 26.8 Å². The monoisotopic (exact) mass is 481 g/mol. The van der Waals surface area contributed by atoms with Gasteiger partial charge in [0.15, 0.2) is 5.11 Å². The Bertz CT molecular complexity index is 1420. The first kappa shape index (κ1) is 22.9. The molecule has 0 aliphatic carbocycles. The number of rotatable bonds is 7. The molecule has 0 bridgehead atoms. The Balaban J connectivity index is 1.52. The molecule has 1 fully saturated rings. The van der Waals surface area contributed by atoms with Crippen LogP contribution >= 0.6 is 12.2 Å². The van der Waals surface area contributed by atoms with Crippen LogP contribution in [-0.2, 0) is 17.8 Å². The van der Waals surface area contributed by atoms with E-state index >= 15 is 0 Å². The van der Waals surface area contributed by atoms with Crippen LogP contribution in [0.4, 0.5) is 5.69 Å². The number of aromatic nitrogens is 1. The molecule has 0 radical (unpaired) electrons. The third-order valence-corrected chi connectivity index (χ3v) is 6.46. The second kappa shape index (κ2) is 9.76. The van der Waals surface area contributed by atoms with Gasteiger partial charge < -0.3 is 14.6 Å². The number of hydrogen-bond donors (Lipinski definition) is 1. The van der Waals surface area contributed by atoms with Gasteiger partial charge in [-0.15, -0.1) is 0 Å².